The summed E-state index contributed by atoms with van der Waals surface area (Å²) < 4.78 is 16.1. The summed E-state index contributed by atoms with van der Waals surface area (Å²) in [4.78, 5) is 23.3. The summed E-state index contributed by atoms with van der Waals surface area (Å²) in [5.41, 5.74) is 0. The second-order valence-corrected chi connectivity index (χ2v) is 7.09. The van der Waals surface area contributed by atoms with E-state index in [1.165, 1.54) is 0 Å². The lowest BCUT2D eigenvalue weighted by atomic mass is 10.1. The van der Waals surface area contributed by atoms with Gasteiger partial charge in [0, 0.05) is 12.8 Å². The highest BCUT2D eigenvalue weighted by molar-refractivity contribution is 5.95. The van der Waals surface area contributed by atoms with Crippen LogP contribution in [0.1, 0.15) is 65.7 Å². The Bertz CT molecular complexity index is 694. The molecule has 0 aromatic rings. The van der Waals surface area contributed by atoms with Crippen molar-refractivity contribution in [3.63, 3.8) is 0 Å². The molecule has 0 amide bonds. The van der Waals surface area contributed by atoms with Crippen molar-refractivity contribution in [2.75, 3.05) is 13.2 Å². The smallest absolute Gasteiger partial charge is 0.306 e. The van der Waals surface area contributed by atoms with Gasteiger partial charge in [-0.3, -0.25) is 9.59 Å². The van der Waals surface area contributed by atoms with Crippen LogP contribution in [0.15, 0.2) is 24.3 Å². The number of unbranched alkanes of at least 4 members (excludes halogenated alkanes) is 1. The number of rotatable bonds is 11. The quantitative estimate of drug-likeness (QED) is 0.172. The molecule has 0 spiro atoms. The first-order chi connectivity index (χ1) is 13.9. The highest BCUT2D eigenvalue weighted by Crippen LogP contribution is 2.22. The molecule has 0 aliphatic carbocycles. The van der Waals surface area contributed by atoms with Crippen LogP contribution in [0.5, 0.6) is 0 Å². The molecule has 0 saturated carbocycles. The van der Waals surface area contributed by atoms with Crippen LogP contribution in [-0.2, 0) is 23.8 Å². The first-order valence-electron chi connectivity index (χ1n) is 10.2. The predicted molar refractivity (Wildman–Crippen MR) is 113 cm³/mol. The van der Waals surface area contributed by atoms with E-state index in [2.05, 4.69) is 54.9 Å². The number of hydrogen-bond acceptors (Lipinski definition) is 5. The molecule has 0 N–H and O–H groups in total. The van der Waals surface area contributed by atoms with Crippen LogP contribution in [0.3, 0.4) is 0 Å². The van der Waals surface area contributed by atoms with Crippen LogP contribution in [0, 0.1) is 23.7 Å². The van der Waals surface area contributed by atoms with Crippen LogP contribution < -0.4 is 0 Å². The van der Waals surface area contributed by atoms with Gasteiger partial charge in [-0.2, -0.15) is 0 Å². The maximum Gasteiger partial charge on any atom is 0.306 e. The summed E-state index contributed by atoms with van der Waals surface area (Å²) in [7, 11) is 0. The van der Waals surface area contributed by atoms with Crippen LogP contribution in [0.4, 0.5) is 0 Å². The monoisotopic (exact) mass is 400 g/mol. The van der Waals surface area contributed by atoms with Crippen molar-refractivity contribution in [1.82, 2.24) is 0 Å². The Kier molecular flexibility index (Phi) is 12.5. The topological polar surface area (TPSA) is 61.8 Å². The number of esters is 1. The molecule has 1 atom stereocenters. The molecule has 0 radical (unpaired) electrons. The molecule has 29 heavy (non-hydrogen) atoms. The number of hydrogen-bond donors (Lipinski definition) is 0. The average molecular weight is 401 g/mol. The first-order valence-corrected chi connectivity index (χ1v) is 10.2. The van der Waals surface area contributed by atoms with E-state index in [0.29, 0.717) is 19.4 Å². The minimum absolute atomic E-state index is 0.111. The fourth-order valence-corrected chi connectivity index (χ4v) is 2.47. The van der Waals surface area contributed by atoms with Crippen molar-refractivity contribution >= 4 is 11.8 Å². The number of ketones is 1. The van der Waals surface area contributed by atoms with Crippen molar-refractivity contribution in [2.24, 2.45) is 0 Å². The lowest BCUT2D eigenvalue weighted by Gasteiger charge is -2.16. The first kappa shape index (κ1) is 24.7. The normalized spacial score (nSPS) is 17.6. The summed E-state index contributed by atoms with van der Waals surface area (Å²) in [5, 5.41) is 0. The second-order valence-electron chi connectivity index (χ2n) is 7.09. The Morgan fingerprint density at radius 3 is 2.66 bits per heavy atom. The van der Waals surface area contributed by atoms with Crippen LogP contribution in [0.2, 0.25) is 0 Å². The number of carbonyl (C=O) groups is 2. The average Bonchev–Trinajstić information content (AvgIpc) is 3.03. The summed E-state index contributed by atoms with van der Waals surface area (Å²) in [6.45, 7) is 6.34. The van der Waals surface area contributed by atoms with Crippen molar-refractivity contribution in [3.05, 3.63) is 24.3 Å². The fraction of sp³-hybridized carbons (Fsp3) is 0.583. The Labute approximate surface area is 174 Å². The third-order valence-corrected chi connectivity index (χ3v) is 3.92. The molecule has 5 nitrogen and oxygen atoms in total. The van der Waals surface area contributed by atoms with Gasteiger partial charge in [0.1, 0.15) is 12.7 Å². The second kappa shape index (κ2) is 14.6. The lowest BCUT2D eigenvalue weighted by Crippen LogP contribution is -2.25. The van der Waals surface area contributed by atoms with E-state index in [1.54, 1.807) is 0 Å². The van der Waals surface area contributed by atoms with Gasteiger partial charge in [-0.1, -0.05) is 37.1 Å². The maximum absolute atomic E-state index is 11.7. The standard InChI is InChI=1S/C24H32O5/c1-4-5-6-7-8-9-10-13-16-21(25)17-14-11-12-15-18-23(26)27-19-22-20-28-24(2,3)29-22/h5-6,8-9,22H,4,7,10,13,15-16,18-20H2,1-3H3/b6-5-,9-8-/t22-/m1/s1. The van der Waals surface area contributed by atoms with Gasteiger partial charge in [-0.15, -0.1) is 0 Å². The minimum atomic E-state index is -0.624. The molecule has 158 valence electrons. The van der Waals surface area contributed by atoms with Crippen LogP contribution in [-0.4, -0.2) is 36.9 Å². The molecule has 0 bridgehead atoms. The third kappa shape index (κ3) is 13.5. The number of ether oxygens (including phenoxy) is 3. The number of carbonyl (C=O) groups excluding carboxylic acids is 2. The van der Waals surface area contributed by atoms with Gasteiger partial charge in [0.05, 0.1) is 13.0 Å². The molecule has 0 unspecified atom stereocenters. The zero-order chi connectivity index (χ0) is 21.4. The zero-order valence-corrected chi connectivity index (χ0v) is 17.8. The van der Waals surface area contributed by atoms with Gasteiger partial charge < -0.3 is 14.2 Å². The van der Waals surface area contributed by atoms with Gasteiger partial charge in [0.2, 0.25) is 5.78 Å². The number of allylic oxidation sites excluding steroid dienone is 4. The predicted octanol–water partition coefficient (Wildman–Crippen LogP) is 4.12. The molecular formula is C24H32O5. The highest BCUT2D eigenvalue weighted by Gasteiger charge is 2.33. The van der Waals surface area contributed by atoms with Gasteiger partial charge in [-0.05, 0) is 57.3 Å². The molecule has 0 aromatic carbocycles. The van der Waals surface area contributed by atoms with Crippen molar-refractivity contribution in [3.8, 4) is 23.7 Å². The molecule has 1 saturated heterocycles. The van der Waals surface area contributed by atoms with Crippen molar-refractivity contribution in [1.29, 1.82) is 0 Å². The molecule has 1 heterocycles. The van der Waals surface area contributed by atoms with E-state index >= 15 is 0 Å². The Balaban J connectivity index is 2.08. The molecule has 1 aliphatic heterocycles. The van der Waals surface area contributed by atoms with Gasteiger partial charge >= 0.3 is 5.97 Å². The number of Topliss-reactive ketones (excluding diaryl/α,β-unsaturated/α-hetero) is 1. The van der Waals surface area contributed by atoms with E-state index in [1.807, 2.05) is 13.8 Å². The molecule has 5 heteroatoms. The Morgan fingerprint density at radius 2 is 1.93 bits per heavy atom. The molecule has 1 rings (SSSR count). The van der Waals surface area contributed by atoms with Crippen molar-refractivity contribution < 1.29 is 23.8 Å². The van der Waals surface area contributed by atoms with E-state index in [-0.39, 0.29) is 30.9 Å². The summed E-state index contributed by atoms with van der Waals surface area (Å²) >= 11 is 0. The zero-order valence-electron chi connectivity index (χ0n) is 17.8. The largest absolute Gasteiger partial charge is 0.463 e. The fourth-order valence-electron chi connectivity index (χ4n) is 2.47. The lowest BCUT2D eigenvalue weighted by molar-refractivity contribution is -0.158. The third-order valence-electron chi connectivity index (χ3n) is 3.92. The van der Waals surface area contributed by atoms with Gasteiger partial charge in [-0.25, -0.2) is 0 Å². The van der Waals surface area contributed by atoms with E-state index in [0.717, 1.165) is 25.7 Å². The Morgan fingerprint density at radius 1 is 1.14 bits per heavy atom. The highest BCUT2D eigenvalue weighted by atomic mass is 16.7. The molecule has 1 fully saturated rings. The van der Waals surface area contributed by atoms with Gasteiger partial charge in [0.15, 0.2) is 5.79 Å². The maximum atomic E-state index is 11.7. The SMILES string of the molecule is CC/C=C\C/C=C\CCCC(=O)C#CC#CCCC(=O)OC[C@@H]1COC(C)(C)O1. The molecule has 1 aliphatic rings. The summed E-state index contributed by atoms with van der Waals surface area (Å²) in [5.74, 6) is 9.35. The van der Waals surface area contributed by atoms with Crippen LogP contribution in [0.25, 0.3) is 0 Å². The summed E-state index contributed by atoms with van der Waals surface area (Å²) in [6, 6.07) is 0. The molecule has 0 aromatic heterocycles. The molecular weight excluding hydrogens is 368 g/mol. The van der Waals surface area contributed by atoms with E-state index in [4.69, 9.17) is 14.2 Å². The minimum Gasteiger partial charge on any atom is -0.463 e. The van der Waals surface area contributed by atoms with E-state index < -0.39 is 5.79 Å². The van der Waals surface area contributed by atoms with Crippen molar-refractivity contribution in [2.45, 2.75) is 77.6 Å². The Hall–Kier alpha value is -2.34. The summed E-state index contributed by atoms with van der Waals surface area (Å²) in [6.07, 6.45) is 12.8. The van der Waals surface area contributed by atoms with E-state index in [9.17, 15) is 9.59 Å². The van der Waals surface area contributed by atoms with Gasteiger partial charge in [0.25, 0.3) is 0 Å². The van der Waals surface area contributed by atoms with Crippen LogP contribution >= 0.6 is 0 Å².